The van der Waals surface area contributed by atoms with Gasteiger partial charge >= 0.3 is 5.00 Å². The van der Waals surface area contributed by atoms with E-state index in [9.17, 15) is 14.9 Å². The maximum absolute atomic E-state index is 12.2. The molecule has 2 heterocycles. The first-order valence-corrected chi connectivity index (χ1v) is 8.24. The second kappa shape index (κ2) is 7.47. The zero-order chi connectivity index (χ0) is 16.9. The van der Waals surface area contributed by atoms with Crippen LogP contribution in [0.5, 0.6) is 0 Å². The molecule has 1 N–H and O–H groups in total. The Labute approximate surface area is 142 Å². The second-order valence-corrected chi connectivity index (χ2v) is 6.31. The van der Waals surface area contributed by atoms with Crippen LogP contribution in [0.4, 0.5) is 10.1 Å². The number of hydrogen-bond donors (Lipinski definition) is 1. The molecule has 0 bridgehead atoms. The number of morpholine rings is 1. The zero-order valence-electron chi connectivity index (χ0n) is 12.8. The predicted octanol–water partition coefficient (Wildman–Crippen LogP) is 2.14. The smallest absolute Gasteiger partial charge is 0.345 e. The molecule has 24 heavy (non-hydrogen) atoms. The summed E-state index contributed by atoms with van der Waals surface area (Å²) in [6.45, 7) is 4.14. The van der Waals surface area contributed by atoms with Gasteiger partial charge in [0, 0.05) is 25.2 Å². The number of thiazole rings is 1. The Morgan fingerprint density at radius 2 is 2.04 bits per heavy atom. The number of nitrogens with zero attached hydrogens (tertiary/aromatic N) is 3. The first kappa shape index (κ1) is 16.5. The van der Waals surface area contributed by atoms with Crippen molar-refractivity contribution >= 4 is 27.4 Å². The highest BCUT2D eigenvalue weighted by Crippen LogP contribution is 2.25. The van der Waals surface area contributed by atoms with Crippen LogP contribution in [0.15, 0.2) is 30.5 Å². The largest absolute Gasteiger partial charge is 0.379 e. The van der Waals surface area contributed by atoms with E-state index in [4.69, 9.17) is 4.74 Å². The lowest BCUT2D eigenvalue weighted by molar-refractivity contribution is -0.380. The Kier molecular flexibility index (Phi) is 5.14. The van der Waals surface area contributed by atoms with Crippen molar-refractivity contribution in [1.29, 1.82) is 0 Å². The van der Waals surface area contributed by atoms with E-state index in [1.165, 1.54) is 0 Å². The van der Waals surface area contributed by atoms with Crippen molar-refractivity contribution in [1.82, 2.24) is 9.88 Å². The highest BCUT2D eigenvalue weighted by Gasteiger charge is 2.15. The molecule has 1 amide bonds. The molecule has 0 aliphatic carbocycles. The summed E-state index contributed by atoms with van der Waals surface area (Å²) >= 11 is 0.830. The maximum atomic E-state index is 12.2. The summed E-state index contributed by atoms with van der Waals surface area (Å²) in [5.74, 6) is -0.336. The van der Waals surface area contributed by atoms with E-state index in [-0.39, 0.29) is 16.0 Å². The van der Waals surface area contributed by atoms with Gasteiger partial charge in [-0.1, -0.05) is 12.1 Å². The van der Waals surface area contributed by atoms with Crippen molar-refractivity contribution in [3.63, 3.8) is 0 Å². The molecule has 0 atom stereocenters. The number of amides is 1. The first-order chi connectivity index (χ1) is 11.6. The van der Waals surface area contributed by atoms with E-state index < -0.39 is 4.92 Å². The van der Waals surface area contributed by atoms with E-state index in [1.54, 1.807) is 12.1 Å². The monoisotopic (exact) mass is 348 g/mol. The molecular formula is C15H16N4O4S. The van der Waals surface area contributed by atoms with Crippen molar-refractivity contribution in [2.75, 3.05) is 31.6 Å². The molecule has 1 fully saturated rings. The summed E-state index contributed by atoms with van der Waals surface area (Å²) in [5.41, 5.74) is 1.61. The van der Waals surface area contributed by atoms with E-state index >= 15 is 0 Å². The van der Waals surface area contributed by atoms with Gasteiger partial charge in [0.1, 0.15) is 6.20 Å². The highest BCUT2D eigenvalue weighted by molar-refractivity contribution is 7.18. The predicted molar refractivity (Wildman–Crippen MR) is 89.3 cm³/mol. The minimum absolute atomic E-state index is 0.105. The lowest BCUT2D eigenvalue weighted by Crippen LogP contribution is -2.35. The molecule has 1 aliphatic heterocycles. The fourth-order valence-corrected chi connectivity index (χ4v) is 2.98. The number of aromatic nitrogens is 1. The molecule has 1 aromatic carbocycles. The van der Waals surface area contributed by atoms with E-state index in [0.717, 1.165) is 55.9 Å². The van der Waals surface area contributed by atoms with E-state index in [1.807, 2.05) is 12.1 Å². The molecule has 1 aliphatic rings. The minimum atomic E-state index is -0.534. The number of carbonyl (C=O) groups excluding carboxylic acids is 1. The van der Waals surface area contributed by atoms with Crippen LogP contribution in [0.3, 0.4) is 0 Å². The number of hydrogen-bond acceptors (Lipinski definition) is 7. The average Bonchev–Trinajstić information content (AvgIpc) is 3.05. The number of nitro groups is 1. The number of rotatable bonds is 5. The Bertz CT molecular complexity index is 725. The third-order valence-corrected chi connectivity index (χ3v) is 4.48. The Morgan fingerprint density at radius 3 is 2.67 bits per heavy atom. The van der Waals surface area contributed by atoms with Gasteiger partial charge in [0.15, 0.2) is 5.13 Å². The quantitative estimate of drug-likeness (QED) is 0.657. The second-order valence-electron chi connectivity index (χ2n) is 5.30. The Balaban J connectivity index is 1.59. The van der Waals surface area contributed by atoms with Gasteiger partial charge in [-0.25, -0.2) is 4.98 Å². The van der Waals surface area contributed by atoms with Gasteiger partial charge in [-0.3, -0.25) is 25.1 Å². The van der Waals surface area contributed by atoms with Crippen LogP contribution in [0.2, 0.25) is 0 Å². The average molecular weight is 348 g/mol. The van der Waals surface area contributed by atoms with E-state index in [2.05, 4.69) is 15.2 Å². The van der Waals surface area contributed by atoms with Crippen LogP contribution in [-0.2, 0) is 11.3 Å². The standard InChI is InChI=1S/C15H16N4O4S/c20-14(17-15-16-9-13(24-15)19(21)22)12-3-1-11(2-4-12)10-18-5-7-23-8-6-18/h1-4,9H,5-8,10H2,(H,16,17,20). The zero-order valence-corrected chi connectivity index (χ0v) is 13.6. The summed E-state index contributed by atoms with van der Waals surface area (Å²) < 4.78 is 5.32. The number of benzene rings is 1. The summed E-state index contributed by atoms with van der Waals surface area (Å²) in [6, 6.07) is 7.31. The third kappa shape index (κ3) is 4.13. The van der Waals surface area contributed by atoms with Gasteiger partial charge in [0.2, 0.25) is 0 Å². The van der Waals surface area contributed by atoms with Crippen LogP contribution < -0.4 is 5.32 Å². The first-order valence-electron chi connectivity index (χ1n) is 7.42. The van der Waals surface area contributed by atoms with Crippen LogP contribution in [0.1, 0.15) is 15.9 Å². The number of nitrogens with one attached hydrogen (secondary N) is 1. The number of carbonyl (C=O) groups is 1. The molecule has 0 saturated carbocycles. The molecule has 0 unspecified atom stereocenters. The Morgan fingerprint density at radius 1 is 1.33 bits per heavy atom. The normalized spacial score (nSPS) is 15.2. The summed E-state index contributed by atoms with van der Waals surface area (Å²) in [7, 11) is 0. The molecule has 1 saturated heterocycles. The summed E-state index contributed by atoms with van der Waals surface area (Å²) in [4.78, 5) is 28.4. The van der Waals surface area contributed by atoms with Gasteiger partial charge in [-0.2, -0.15) is 0 Å². The lowest BCUT2D eigenvalue weighted by atomic mass is 10.1. The highest BCUT2D eigenvalue weighted by atomic mass is 32.1. The fourth-order valence-electron chi connectivity index (χ4n) is 2.36. The lowest BCUT2D eigenvalue weighted by Gasteiger charge is -2.26. The van der Waals surface area contributed by atoms with Gasteiger partial charge in [0.25, 0.3) is 5.91 Å². The summed E-state index contributed by atoms with van der Waals surface area (Å²) in [5, 5.41) is 13.3. The number of ether oxygens (including phenoxy) is 1. The third-order valence-electron chi connectivity index (χ3n) is 3.62. The van der Waals surface area contributed by atoms with E-state index in [0.29, 0.717) is 5.56 Å². The fraction of sp³-hybridized carbons (Fsp3) is 0.333. The Hall–Kier alpha value is -2.36. The SMILES string of the molecule is O=C(Nc1ncc([N+](=O)[O-])s1)c1ccc(CN2CCOCC2)cc1. The summed E-state index contributed by atoms with van der Waals surface area (Å²) in [6.07, 6.45) is 1.13. The molecule has 126 valence electrons. The van der Waals surface area contributed by atoms with Crippen LogP contribution in [0, 0.1) is 10.1 Å². The topological polar surface area (TPSA) is 97.6 Å². The van der Waals surface area contributed by atoms with Crippen molar-refractivity contribution in [3.8, 4) is 0 Å². The molecule has 9 heteroatoms. The van der Waals surface area contributed by atoms with Gasteiger partial charge in [-0.15, -0.1) is 0 Å². The molecule has 3 rings (SSSR count). The molecule has 1 aromatic heterocycles. The van der Waals surface area contributed by atoms with Crippen molar-refractivity contribution in [2.45, 2.75) is 6.54 Å². The molecule has 8 nitrogen and oxygen atoms in total. The molecular weight excluding hydrogens is 332 g/mol. The van der Waals surface area contributed by atoms with Crippen molar-refractivity contribution in [2.24, 2.45) is 0 Å². The van der Waals surface area contributed by atoms with Gasteiger partial charge in [0.05, 0.1) is 18.1 Å². The number of anilines is 1. The van der Waals surface area contributed by atoms with Crippen molar-refractivity contribution in [3.05, 3.63) is 51.7 Å². The van der Waals surface area contributed by atoms with Crippen LogP contribution in [-0.4, -0.2) is 47.0 Å². The van der Waals surface area contributed by atoms with Gasteiger partial charge in [-0.05, 0) is 29.0 Å². The minimum Gasteiger partial charge on any atom is -0.379 e. The van der Waals surface area contributed by atoms with Crippen LogP contribution >= 0.6 is 11.3 Å². The van der Waals surface area contributed by atoms with Crippen LogP contribution in [0.25, 0.3) is 0 Å². The molecule has 0 radical (unpaired) electrons. The maximum Gasteiger partial charge on any atom is 0.345 e. The molecule has 0 spiro atoms. The van der Waals surface area contributed by atoms with Gasteiger partial charge < -0.3 is 4.74 Å². The van der Waals surface area contributed by atoms with Crippen molar-refractivity contribution < 1.29 is 14.5 Å². The molecule has 2 aromatic rings.